The van der Waals surface area contributed by atoms with Crippen LogP contribution in [0, 0.1) is 46.3 Å². The molecule has 0 N–H and O–H groups in total. The van der Waals surface area contributed by atoms with E-state index in [2.05, 4.69) is 19.9 Å². The lowest BCUT2D eigenvalue weighted by atomic mass is 9.61. The van der Waals surface area contributed by atoms with Crippen LogP contribution in [0.15, 0.2) is 0 Å². The Kier molecular flexibility index (Phi) is 9.40. The van der Waals surface area contributed by atoms with Crippen LogP contribution < -0.4 is 0 Å². The molecule has 0 aromatic rings. The van der Waals surface area contributed by atoms with Crippen LogP contribution in [-0.4, -0.2) is 0 Å². The maximum atomic E-state index is 9.94. The Bertz CT molecular complexity index is 489. The predicted octanol–water partition coefficient (Wildman–Crippen LogP) is 9.07. The van der Waals surface area contributed by atoms with Crippen molar-refractivity contribution in [3.8, 4) is 6.07 Å². The minimum Gasteiger partial charge on any atom is -0.198 e. The fourth-order valence-electron chi connectivity index (χ4n) is 7.43. The van der Waals surface area contributed by atoms with Gasteiger partial charge in [0.15, 0.2) is 0 Å². The molecule has 0 aromatic carbocycles. The SMILES string of the molecule is CCCCCC1CCC(C2CCC(C3CCCC(C#N)(CCCC)C3)CC2)CC1. The van der Waals surface area contributed by atoms with Gasteiger partial charge in [0.25, 0.3) is 0 Å². The first-order valence-corrected chi connectivity index (χ1v) is 13.6. The summed E-state index contributed by atoms with van der Waals surface area (Å²) in [5.74, 6) is 4.93. The summed E-state index contributed by atoms with van der Waals surface area (Å²) in [6.07, 6.45) is 26.6. The minimum atomic E-state index is 0.0337. The molecule has 0 aromatic heterocycles. The second kappa shape index (κ2) is 11.8. The normalized spacial score (nSPS) is 38.4. The Balaban J connectivity index is 1.41. The maximum Gasteiger partial charge on any atom is 0.0689 e. The Labute approximate surface area is 182 Å². The molecule has 0 radical (unpaired) electrons. The van der Waals surface area contributed by atoms with E-state index in [0.717, 1.165) is 36.0 Å². The largest absolute Gasteiger partial charge is 0.198 e. The molecule has 3 saturated carbocycles. The van der Waals surface area contributed by atoms with Gasteiger partial charge in [-0.15, -0.1) is 0 Å². The van der Waals surface area contributed by atoms with Gasteiger partial charge in [0.1, 0.15) is 0 Å². The van der Waals surface area contributed by atoms with Gasteiger partial charge in [-0.05, 0) is 87.4 Å². The van der Waals surface area contributed by atoms with Crippen LogP contribution in [0.5, 0.6) is 0 Å². The van der Waals surface area contributed by atoms with E-state index >= 15 is 0 Å². The van der Waals surface area contributed by atoms with Gasteiger partial charge in [0.05, 0.1) is 11.5 Å². The molecule has 1 heteroatoms. The lowest BCUT2D eigenvalue weighted by Crippen LogP contribution is -2.34. The summed E-state index contributed by atoms with van der Waals surface area (Å²) in [7, 11) is 0. The van der Waals surface area contributed by atoms with E-state index in [9.17, 15) is 5.26 Å². The molecule has 3 aliphatic rings. The van der Waals surface area contributed by atoms with E-state index in [0.29, 0.717) is 0 Å². The first kappa shape index (κ1) is 23.2. The Morgan fingerprint density at radius 3 is 1.90 bits per heavy atom. The molecule has 166 valence electrons. The summed E-state index contributed by atoms with van der Waals surface area (Å²) in [6.45, 7) is 4.59. The Morgan fingerprint density at radius 1 is 0.724 bits per heavy atom. The smallest absolute Gasteiger partial charge is 0.0689 e. The first-order chi connectivity index (χ1) is 14.2. The van der Waals surface area contributed by atoms with Crippen molar-refractivity contribution in [1.82, 2.24) is 0 Å². The average molecular weight is 400 g/mol. The molecule has 0 aliphatic heterocycles. The summed E-state index contributed by atoms with van der Waals surface area (Å²) in [5, 5.41) is 9.94. The molecular weight excluding hydrogens is 350 g/mol. The van der Waals surface area contributed by atoms with Crippen LogP contribution in [0.3, 0.4) is 0 Å². The summed E-state index contributed by atoms with van der Waals surface area (Å²) >= 11 is 0. The molecule has 1 nitrogen and oxygen atoms in total. The highest BCUT2D eigenvalue weighted by atomic mass is 14.5. The van der Waals surface area contributed by atoms with E-state index in [-0.39, 0.29) is 5.41 Å². The quantitative estimate of drug-likeness (QED) is 0.355. The van der Waals surface area contributed by atoms with Crippen molar-refractivity contribution in [2.24, 2.45) is 35.0 Å². The molecule has 3 rings (SSSR count). The van der Waals surface area contributed by atoms with Gasteiger partial charge < -0.3 is 0 Å². The molecule has 3 fully saturated rings. The van der Waals surface area contributed by atoms with Crippen LogP contribution >= 0.6 is 0 Å². The van der Waals surface area contributed by atoms with Gasteiger partial charge in [-0.1, -0.05) is 78.1 Å². The molecule has 0 heterocycles. The zero-order valence-corrected chi connectivity index (χ0v) is 19.8. The third-order valence-electron chi connectivity index (χ3n) is 9.39. The van der Waals surface area contributed by atoms with Crippen LogP contribution in [0.1, 0.15) is 136 Å². The van der Waals surface area contributed by atoms with E-state index in [1.165, 1.54) is 116 Å². The summed E-state index contributed by atoms with van der Waals surface area (Å²) < 4.78 is 0. The molecule has 0 spiro atoms. The number of rotatable bonds is 9. The highest BCUT2D eigenvalue weighted by molar-refractivity contribution is 5.03. The molecule has 0 amide bonds. The van der Waals surface area contributed by atoms with Gasteiger partial charge in [-0.3, -0.25) is 0 Å². The number of hydrogen-bond acceptors (Lipinski definition) is 1. The molecule has 29 heavy (non-hydrogen) atoms. The Morgan fingerprint density at radius 2 is 1.31 bits per heavy atom. The van der Waals surface area contributed by atoms with Crippen molar-refractivity contribution in [2.45, 2.75) is 136 Å². The van der Waals surface area contributed by atoms with Crippen LogP contribution in [0.25, 0.3) is 0 Å². The van der Waals surface area contributed by atoms with Crippen molar-refractivity contribution in [1.29, 1.82) is 5.26 Å². The second-order valence-corrected chi connectivity index (χ2v) is 11.3. The fraction of sp³-hybridized carbons (Fsp3) is 0.964. The standard InChI is InChI=1S/C28H49N/c1-3-5-7-9-23-11-13-24(14-12-23)25-15-17-26(18-16-25)27-10-8-20-28(21-27,22-29)19-6-4-2/h23-27H,3-21H2,1-2H3. The van der Waals surface area contributed by atoms with Crippen molar-refractivity contribution in [2.75, 3.05) is 0 Å². The number of nitriles is 1. The first-order valence-electron chi connectivity index (χ1n) is 13.6. The topological polar surface area (TPSA) is 23.8 Å². The zero-order chi connectivity index (χ0) is 20.5. The van der Waals surface area contributed by atoms with Crippen LogP contribution in [0.4, 0.5) is 0 Å². The third kappa shape index (κ3) is 6.48. The molecule has 0 saturated heterocycles. The summed E-state index contributed by atoms with van der Waals surface area (Å²) in [5.41, 5.74) is 0.0337. The second-order valence-electron chi connectivity index (χ2n) is 11.3. The monoisotopic (exact) mass is 399 g/mol. The van der Waals surface area contributed by atoms with E-state index < -0.39 is 0 Å². The van der Waals surface area contributed by atoms with Crippen molar-refractivity contribution in [3.63, 3.8) is 0 Å². The summed E-state index contributed by atoms with van der Waals surface area (Å²) in [4.78, 5) is 0. The van der Waals surface area contributed by atoms with Crippen LogP contribution in [0.2, 0.25) is 0 Å². The highest BCUT2D eigenvalue weighted by Crippen LogP contribution is 2.50. The number of unbranched alkanes of at least 4 members (excludes halogenated alkanes) is 3. The van der Waals surface area contributed by atoms with Crippen LogP contribution in [-0.2, 0) is 0 Å². The molecule has 2 unspecified atom stereocenters. The molecule has 3 aliphatic carbocycles. The van der Waals surface area contributed by atoms with Crippen molar-refractivity contribution in [3.05, 3.63) is 0 Å². The zero-order valence-electron chi connectivity index (χ0n) is 19.8. The lowest BCUT2D eigenvalue weighted by molar-refractivity contribution is 0.0815. The minimum absolute atomic E-state index is 0.0337. The molecule has 0 bridgehead atoms. The van der Waals surface area contributed by atoms with E-state index in [1.807, 2.05) is 0 Å². The van der Waals surface area contributed by atoms with E-state index in [1.54, 1.807) is 0 Å². The molecule has 2 atom stereocenters. The number of hydrogen-bond donors (Lipinski definition) is 0. The van der Waals surface area contributed by atoms with Crippen molar-refractivity contribution < 1.29 is 0 Å². The van der Waals surface area contributed by atoms with Gasteiger partial charge in [-0.25, -0.2) is 0 Å². The summed E-state index contributed by atoms with van der Waals surface area (Å²) in [6, 6.07) is 2.80. The third-order valence-corrected chi connectivity index (χ3v) is 9.39. The fourth-order valence-corrected chi connectivity index (χ4v) is 7.43. The predicted molar refractivity (Wildman–Crippen MR) is 125 cm³/mol. The molecular formula is C28H49N. The van der Waals surface area contributed by atoms with Gasteiger partial charge >= 0.3 is 0 Å². The van der Waals surface area contributed by atoms with E-state index in [4.69, 9.17) is 0 Å². The number of nitrogens with zero attached hydrogens (tertiary/aromatic N) is 1. The van der Waals surface area contributed by atoms with Gasteiger partial charge in [-0.2, -0.15) is 5.26 Å². The van der Waals surface area contributed by atoms with Crippen molar-refractivity contribution >= 4 is 0 Å². The Hall–Kier alpha value is -0.510. The highest BCUT2D eigenvalue weighted by Gasteiger charge is 2.40. The van der Waals surface area contributed by atoms with Gasteiger partial charge in [0, 0.05) is 0 Å². The lowest BCUT2D eigenvalue weighted by Gasteiger charge is -2.43. The van der Waals surface area contributed by atoms with Gasteiger partial charge in [0.2, 0.25) is 0 Å². The maximum absolute atomic E-state index is 9.94. The average Bonchev–Trinajstić information content (AvgIpc) is 2.79.